The van der Waals surface area contributed by atoms with E-state index >= 15 is 0 Å². The molecule has 2 N–H and O–H groups in total. The van der Waals surface area contributed by atoms with Crippen LogP contribution in [0, 0.1) is 17.3 Å². The molecule has 6 nitrogen and oxygen atoms in total. The highest BCUT2D eigenvalue weighted by Gasteiger charge is 2.28. The number of likely N-dealkylation sites (tertiary alicyclic amines) is 1. The number of nitrogens with one attached hydrogen (secondary N) is 2. The summed E-state index contributed by atoms with van der Waals surface area (Å²) < 4.78 is 0. The van der Waals surface area contributed by atoms with Crippen LogP contribution in [0.25, 0.3) is 0 Å². The Morgan fingerprint density at radius 1 is 1.07 bits per heavy atom. The minimum absolute atomic E-state index is 0.0159. The van der Waals surface area contributed by atoms with Crippen molar-refractivity contribution in [2.75, 3.05) is 25.0 Å². The summed E-state index contributed by atoms with van der Waals surface area (Å²) in [6.07, 6.45) is 1.38. The van der Waals surface area contributed by atoms with Gasteiger partial charge in [-0.1, -0.05) is 34.6 Å². The van der Waals surface area contributed by atoms with Gasteiger partial charge < -0.3 is 15.5 Å². The Hall–Kier alpha value is -2.37. The molecule has 0 bridgehead atoms. The first-order chi connectivity index (χ1) is 13.1. The smallest absolute Gasteiger partial charge is 0.253 e. The van der Waals surface area contributed by atoms with Crippen LogP contribution >= 0.6 is 0 Å². The van der Waals surface area contributed by atoms with Crippen LogP contribution in [0.4, 0.5) is 5.69 Å². The van der Waals surface area contributed by atoms with Gasteiger partial charge in [-0.2, -0.15) is 0 Å². The minimum Gasteiger partial charge on any atom is -0.356 e. The van der Waals surface area contributed by atoms with Crippen molar-refractivity contribution in [1.82, 2.24) is 10.2 Å². The van der Waals surface area contributed by atoms with Crippen molar-refractivity contribution < 1.29 is 14.4 Å². The van der Waals surface area contributed by atoms with Crippen LogP contribution in [-0.2, 0) is 9.59 Å². The lowest BCUT2D eigenvalue weighted by molar-refractivity contribution is -0.126. The van der Waals surface area contributed by atoms with Crippen LogP contribution < -0.4 is 10.6 Å². The van der Waals surface area contributed by atoms with Crippen molar-refractivity contribution in [2.24, 2.45) is 17.3 Å². The van der Waals surface area contributed by atoms with E-state index in [2.05, 4.69) is 24.5 Å². The lowest BCUT2D eigenvalue weighted by Crippen LogP contribution is -2.43. The van der Waals surface area contributed by atoms with Gasteiger partial charge in [0.05, 0.1) is 0 Å². The van der Waals surface area contributed by atoms with Gasteiger partial charge in [0.1, 0.15) is 0 Å². The van der Waals surface area contributed by atoms with Crippen molar-refractivity contribution in [3.63, 3.8) is 0 Å². The summed E-state index contributed by atoms with van der Waals surface area (Å²) in [7, 11) is 0. The molecule has 6 heteroatoms. The molecule has 0 radical (unpaired) electrons. The maximum Gasteiger partial charge on any atom is 0.253 e. The molecule has 0 spiro atoms. The molecule has 1 fully saturated rings. The lowest BCUT2D eigenvalue weighted by atomic mass is 9.95. The molecule has 28 heavy (non-hydrogen) atoms. The fourth-order valence-corrected chi connectivity index (χ4v) is 2.99. The van der Waals surface area contributed by atoms with Crippen molar-refractivity contribution in [3.8, 4) is 0 Å². The van der Waals surface area contributed by atoms with E-state index in [1.54, 1.807) is 29.2 Å². The molecule has 3 amide bonds. The third-order valence-corrected chi connectivity index (χ3v) is 4.91. The Kier molecular flexibility index (Phi) is 7.22. The molecule has 1 aromatic carbocycles. The third kappa shape index (κ3) is 6.08. The van der Waals surface area contributed by atoms with Crippen LogP contribution in [0.3, 0.4) is 0 Å². The zero-order chi connectivity index (χ0) is 20.9. The standard InChI is InChI=1S/C22H33N3O3/c1-15(2)14-23-19(26)16-10-12-25(13-11-16)20(27)17-6-8-18(9-7-17)24-21(28)22(3,4)5/h6-9,15-16H,10-14H2,1-5H3,(H,23,26)(H,24,28). The van der Waals surface area contributed by atoms with Crippen LogP contribution in [0.2, 0.25) is 0 Å². The molecule has 0 unspecified atom stereocenters. The molecule has 0 atom stereocenters. The van der Waals surface area contributed by atoms with Gasteiger partial charge in [-0.3, -0.25) is 14.4 Å². The van der Waals surface area contributed by atoms with E-state index in [1.807, 2.05) is 20.8 Å². The fourth-order valence-electron chi connectivity index (χ4n) is 2.99. The van der Waals surface area contributed by atoms with E-state index in [0.717, 1.165) is 0 Å². The number of rotatable bonds is 5. The van der Waals surface area contributed by atoms with Gasteiger partial charge in [0.2, 0.25) is 11.8 Å². The maximum absolute atomic E-state index is 12.7. The van der Waals surface area contributed by atoms with Crippen molar-refractivity contribution in [3.05, 3.63) is 29.8 Å². The first kappa shape index (κ1) is 21.9. The summed E-state index contributed by atoms with van der Waals surface area (Å²) in [5, 5.41) is 5.84. The number of amides is 3. The number of hydrogen-bond acceptors (Lipinski definition) is 3. The molecule has 0 aliphatic carbocycles. The van der Waals surface area contributed by atoms with Gasteiger partial charge in [0.15, 0.2) is 0 Å². The number of carbonyl (C=O) groups is 3. The largest absolute Gasteiger partial charge is 0.356 e. The third-order valence-electron chi connectivity index (χ3n) is 4.91. The summed E-state index contributed by atoms with van der Waals surface area (Å²) >= 11 is 0. The van der Waals surface area contributed by atoms with Crippen molar-refractivity contribution >= 4 is 23.4 Å². The van der Waals surface area contributed by atoms with E-state index in [9.17, 15) is 14.4 Å². The Bertz CT molecular complexity index is 697. The van der Waals surface area contributed by atoms with Crippen molar-refractivity contribution in [1.29, 1.82) is 0 Å². The highest BCUT2D eigenvalue weighted by Crippen LogP contribution is 2.21. The second-order valence-electron chi connectivity index (χ2n) is 8.99. The molecule has 0 saturated carbocycles. The van der Waals surface area contributed by atoms with Gasteiger partial charge in [0, 0.05) is 42.2 Å². The molecule has 1 saturated heterocycles. The number of hydrogen-bond donors (Lipinski definition) is 2. The Balaban J connectivity index is 1.88. The summed E-state index contributed by atoms with van der Waals surface area (Å²) in [5.74, 6) is 0.415. The number of carbonyl (C=O) groups excluding carboxylic acids is 3. The van der Waals surface area contributed by atoms with Gasteiger partial charge in [-0.05, 0) is 43.0 Å². The van der Waals surface area contributed by atoms with E-state index in [-0.39, 0.29) is 23.6 Å². The molecule has 1 aromatic rings. The van der Waals surface area contributed by atoms with E-state index in [4.69, 9.17) is 0 Å². The molecular formula is C22H33N3O3. The second-order valence-corrected chi connectivity index (χ2v) is 8.99. The average molecular weight is 388 g/mol. The van der Waals surface area contributed by atoms with Crippen LogP contribution in [0.5, 0.6) is 0 Å². The Labute approximate surface area is 168 Å². The van der Waals surface area contributed by atoms with Gasteiger partial charge in [-0.25, -0.2) is 0 Å². The summed E-state index contributed by atoms with van der Waals surface area (Å²) in [5.41, 5.74) is 0.800. The normalized spacial score (nSPS) is 15.4. The summed E-state index contributed by atoms with van der Waals surface area (Å²) in [6.45, 7) is 11.6. The lowest BCUT2D eigenvalue weighted by Gasteiger charge is -2.31. The molecule has 1 aliphatic rings. The predicted molar refractivity (Wildman–Crippen MR) is 111 cm³/mol. The monoisotopic (exact) mass is 387 g/mol. The predicted octanol–water partition coefficient (Wildman–Crippen LogP) is 3.30. The van der Waals surface area contributed by atoms with Gasteiger partial charge >= 0.3 is 0 Å². The topological polar surface area (TPSA) is 78.5 Å². The zero-order valence-electron chi connectivity index (χ0n) is 17.7. The zero-order valence-corrected chi connectivity index (χ0v) is 17.7. The first-order valence-corrected chi connectivity index (χ1v) is 10.1. The first-order valence-electron chi connectivity index (χ1n) is 10.1. The van der Waals surface area contributed by atoms with Crippen LogP contribution in [0.1, 0.15) is 57.8 Å². The molecule has 0 aromatic heterocycles. The van der Waals surface area contributed by atoms with E-state index in [1.165, 1.54) is 0 Å². The average Bonchev–Trinajstić information content (AvgIpc) is 2.65. The molecule has 154 valence electrons. The van der Waals surface area contributed by atoms with Gasteiger partial charge in [0.25, 0.3) is 5.91 Å². The Morgan fingerprint density at radius 3 is 2.14 bits per heavy atom. The number of benzene rings is 1. The highest BCUT2D eigenvalue weighted by atomic mass is 16.2. The van der Waals surface area contributed by atoms with Crippen LogP contribution in [0.15, 0.2) is 24.3 Å². The molecule has 1 aliphatic heterocycles. The second kappa shape index (κ2) is 9.22. The fraction of sp³-hybridized carbons (Fsp3) is 0.591. The van der Waals surface area contributed by atoms with Gasteiger partial charge in [-0.15, -0.1) is 0 Å². The molecular weight excluding hydrogens is 354 g/mol. The SMILES string of the molecule is CC(C)CNC(=O)C1CCN(C(=O)c2ccc(NC(=O)C(C)(C)C)cc2)CC1. The number of nitrogens with zero attached hydrogens (tertiary/aromatic N) is 1. The Morgan fingerprint density at radius 2 is 1.64 bits per heavy atom. The van der Waals surface area contributed by atoms with Crippen LogP contribution in [-0.4, -0.2) is 42.3 Å². The summed E-state index contributed by atoms with van der Waals surface area (Å²) in [4.78, 5) is 38.8. The van der Waals surface area contributed by atoms with E-state index in [0.29, 0.717) is 49.6 Å². The quantitative estimate of drug-likeness (QED) is 0.814. The highest BCUT2D eigenvalue weighted by molar-refractivity contribution is 5.97. The number of piperidine rings is 1. The van der Waals surface area contributed by atoms with E-state index < -0.39 is 5.41 Å². The van der Waals surface area contributed by atoms with Crippen molar-refractivity contribution in [2.45, 2.75) is 47.5 Å². The minimum atomic E-state index is -0.472. The molecule has 2 rings (SSSR count). The molecule has 1 heterocycles. The maximum atomic E-state index is 12.7. The summed E-state index contributed by atoms with van der Waals surface area (Å²) in [6, 6.07) is 6.98. The number of anilines is 1.